The van der Waals surface area contributed by atoms with Crippen molar-refractivity contribution in [3.63, 3.8) is 0 Å². The second-order valence-corrected chi connectivity index (χ2v) is 3.15. The maximum absolute atomic E-state index is 13.2. The first-order chi connectivity index (χ1) is 6.11. The van der Waals surface area contributed by atoms with Crippen molar-refractivity contribution in [3.05, 3.63) is 28.8 Å². The van der Waals surface area contributed by atoms with Gasteiger partial charge in [0.25, 0.3) is 0 Å². The van der Waals surface area contributed by atoms with Crippen LogP contribution >= 0.6 is 0 Å². The fourth-order valence-electron chi connectivity index (χ4n) is 1.54. The van der Waals surface area contributed by atoms with Crippen LogP contribution in [0.15, 0.2) is 6.07 Å². The van der Waals surface area contributed by atoms with Gasteiger partial charge >= 0.3 is 0 Å². The van der Waals surface area contributed by atoms with E-state index >= 15 is 0 Å². The molecule has 0 bridgehead atoms. The molecular formula is C9H9F2NO. The van der Waals surface area contributed by atoms with Gasteiger partial charge in [0, 0.05) is 0 Å². The highest BCUT2D eigenvalue weighted by Crippen LogP contribution is 2.36. The lowest BCUT2D eigenvalue weighted by molar-refractivity contribution is 0.331. The highest BCUT2D eigenvalue weighted by atomic mass is 19.2. The van der Waals surface area contributed by atoms with Crippen molar-refractivity contribution in [3.8, 4) is 5.75 Å². The molecule has 1 aliphatic heterocycles. The summed E-state index contributed by atoms with van der Waals surface area (Å²) in [5, 5.41) is 0. The number of ether oxygens (including phenoxy) is 1. The van der Waals surface area contributed by atoms with Crippen molar-refractivity contribution < 1.29 is 13.5 Å². The van der Waals surface area contributed by atoms with Crippen LogP contribution in [0.4, 0.5) is 8.78 Å². The molecule has 2 rings (SSSR count). The van der Waals surface area contributed by atoms with Crippen molar-refractivity contribution in [2.24, 2.45) is 5.73 Å². The number of aryl methyl sites for hydroxylation is 1. The van der Waals surface area contributed by atoms with E-state index in [-0.39, 0.29) is 12.2 Å². The maximum Gasteiger partial charge on any atom is 0.167 e. The van der Waals surface area contributed by atoms with Crippen LogP contribution in [0.2, 0.25) is 0 Å². The molecule has 0 saturated heterocycles. The molecule has 1 heterocycles. The Bertz CT molecular complexity index is 365. The maximum atomic E-state index is 13.2. The van der Waals surface area contributed by atoms with Crippen LogP contribution in [0, 0.1) is 18.6 Å². The lowest BCUT2D eigenvalue weighted by Crippen LogP contribution is -2.12. The average Bonchev–Trinajstić information content (AvgIpc) is 2.44. The van der Waals surface area contributed by atoms with E-state index in [1.54, 1.807) is 6.92 Å². The topological polar surface area (TPSA) is 35.2 Å². The summed E-state index contributed by atoms with van der Waals surface area (Å²) in [7, 11) is 0. The smallest absolute Gasteiger partial charge is 0.167 e. The van der Waals surface area contributed by atoms with Crippen molar-refractivity contribution >= 4 is 0 Å². The molecule has 0 aromatic heterocycles. The van der Waals surface area contributed by atoms with Gasteiger partial charge in [0.2, 0.25) is 0 Å². The molecule has 1 unspecified atom stereocenters. The molecule has 4 heteroatoms. The summed E-state index contributed by atoms with van der Waals surface area (Å²) in [6, 6.07) is 0.566. The lowest BCUT2D eigenvalue weighted by Gasteiger charge is -2.05. The minimum atomic E-state index is -0.884. The standard InChI is InChI=1S/C9H9F2NO/c1-4-2-5(10)8(11)7-6(12)3-13-9(4)7/h2,6H,3,12H2,1H3. The van der Waals surface area contributed by atoms with Crippen LogP contribution < -0.4 is 10.5 Å². The summed E-state index contributed by atoms with van der Waals surface area (Å²) in [4.78, 5) is 0. The fraction of sp³-hybridized carbons (Fsp3) is 0.333. The Morgan fingerprint density at radius 3 is 2.92 bits per heavy atom. The molecule has 0 amide bonds. The summed E-state index contributed by atoms with van der Waals surface area (Å²) < 4.78 is 31.3. The molecule has 1 aromatic carbocycles. The van der Waals surface area contributed by atoms with Gasteiger partial charge in [-0.05, 0) is 18.6 Å². The molecule has 13 heavy (non-hydrogen) atoms. The minimum Gasteiger partial charge on any atom is -0.491 e. The van der Waals surface area contributed by atoms with E-state index < -0.39 is 17.7 Å². The van der Waals surface area contributed by atoms with E-state index in [1.807, 2.05) is 0 Å². The second kappa shape index (κ2) is 2.67. The summed E-state index contributed by atoms with van der Waals surface area (Å²) in [6.07, 6.45) is 0. The summed E-state index contributed by atoms with van der Waals surface area (Å²) >= 11 is 0. The number of rotatable bonds is 0. The largest absolute Gasteiger partial charge is 0.491 e. The molecule has 0 aliphatic carbocycles. The first-order valence-electron chi connectivity index (χ1n) is 3.98. The van der Waals surface area contributed by atoms with E-state index in [4.69, 9.17) is 10.5 Å². The van der Waals surface area contributed by atoms with Gasteiger partial charge in [0.1, 0.15) is 12.4 Å². The molecule has 1 atom stereocenters. The normalized spacial score (nSPS) is 19.8. The first kappa shape index (κ1) is 8.44. The molecule has 1 aliphatic rings. The third kappa shape index (κ3) is 1.09. The summed E-state index contributed by atoms with van der Waals surface area (Å²) in [6.45, 7) is 1.88. The Morgan fingerprint density at radius 2 is 2.23 bits per heavy atom. The number of nitrogens with two attached hydrogens (primary N) is 1. The third-order valence-electron chi connectivity index (χ3n) is 2.17. The van der Waals surface area contributed by atoms with Gasteiger partial charge in [-0.15, -0.1) is 0 Å². The minimum absolute atomic E-state index is 0.164. The van der Waals surface area contributed by atoms with Crippen molar-refractivity contribution in [2.75, 3.05) is 6.61 Å². The van der Waals surface area contributed by atoms with E-state index in [0.29, 0.717) is 11.3 Å². The van der Waals surface area contributed by atoms with Gasteiger partial charge < -0.3 is 10.5 Å². The van der Waals surface area contributed by atoms with Gasteiger partial charge in [0.15, 0.2) is 11.6 Å². The highest BCUT2D eigenvalue weighted by Gasteiger charge is 2.28. The first-order valence-corrected chi connectivity index (χ1v) is 3.98. The van der Waals surface area contributed by atoms with Crippen LogP contribution in [-0.2, 0) is 0 Å². The Morgan fingerprint density at radius 1 is 1.54 bits per heavy atom. The SMILES string of the molecule is Cc1cc(F)c(F)c2c1OCC2N. The highest BCUT2D eigenvalue weighted by molar-refractivity contribution is 5.46. The Hall–Kier alpha value is -1.16. The van der Waals surface area contributed by atoms with Gasteiger partial charge in [-0.3, -0.25) is 0 Å². The summed E-state index contributed by atoms with van der Waals surface area (Å²) in [5.74, 6) is -1.35. The Kier molecular flexibility index (Phi) is 1.73. The van der Waals surface area contributed by atoms with E-state index in [2.05, 4.69) is 0 Å². The van der Waals surface area contributed by atoms with Crippen LogP contribution in [-0.4, -0.2) is 6.61 Å². The fourth-order valence-corrected chi connectivity index (χ4v) is 1.54. The predicted molar refractivity (Wildman–Crippen MR) is 43.5 cm³/mol. The van der Waals surface area contributed by atoms with Crippen molar-refractivity contribution in [1.82, 2.24) is 0 Å². The number of halogens is 2. The van der Waals surface area contributed by atoms with Gasteiger partial charge in [-0.1, -0.05) is 0 Å². The molecule has 70 valence electrons. The van der Waals surface area contributed by atoms with Gasteiger partial charge in [-0.2, -0.15) is 0 Å². The zero-order valence-electron chi connectivity index (χ0n) is 7.10. The molecule has 0 radical (unpaired) electrons. The average molecular weight is 185 g/mol. The van der Waals surface area contributed by atoms with Crippen LogP contribution in [0.25, 0.3) is 0 Å². The molecule has 0 saturated carbocycles. The van der Waals surface area contributed by atoms with Gasteiger partial charge in [-0.25, -0.2) is 8.78 Å². The number of fused-ring (bicyclic) bond motifs is 1. The Labute approximate surface area is 74.3 Å². The zero-order valence-corrected chi connectivity index (χ0v) is 7.10. The van der Waals surface area contributed by atoms with E-state index in [1.165, 1.54) is 0 Å². The van der Waals surface area contributed by atoms with E-state index in [9.17, 15) is 8.78 Å². The van der Waals surface area contributed by atoms with Gasteiger partial charge in [0.05, 0.1) is 11.6 Å². The van der Waals surface area contributed by atoms with Crippen LogP contribution in [0.1, 0.15) is 17.2 Å². The van der Waals surface area contributed by atoms with Crippen LogP contribution in [0.5, 0.6) is 5.75 Å². The zero-order chi connectivity index (χ0) is 9.59. The molecule has 1 aromatic rings. The molecule has 2 nitrogen and oxygen atoms in total. The van der Waals surface area contributed by atoms with E-state index in [0.717, 1.165) is 6.07 Å². The Balaban J connectivity index is 2.70. The monoisotopic (exact) mass is 185 g/mol. The second-order valence-electron chi connectivity index (χ2n) is 3.15. The van der Waals surface area contributed by atoms with Crippen molar-refractivity contribution in [1.29, 1.82) is 0 Å². The molecule has 0 spiro atoms. The number of hydrogen-bond acceptors (Lipinski definition) is 2. The lowest BCUT2D eigenvalue weighted by atomic mass is 10.1. The van der Waals surface area contributed by atoms with Crippen molar-refractivity contribution in [2.45, 2.75) is 13.0 Å². The molecular weight excluding hydrogens is 176 g/mol. The quantitative estimate of drug-likeness (QED) is 0.667. The van der Waals surface area contributed by atoms with Crippen LogP contribution in [0.3, 0.4) is 0 Å². The third-order valence-corrected chi connectivity index (χ3v) is 2.17. The predicted octanol–water partition coefficient (Wildman–Crippen LogP) is 1.67. The summed E-state index contributed by atoms with van der Waals surface area (Å²) in [5.41, 5.74) is 6.30. The number of benzene rings is 1. The number of hydrogen-bond donors (Lipinski definition) is 1. The molecule has 2 N–H and O–H groups in total. The molecule has 0 fully saturated rings.